The van der Waals surface area contributed by atoms with E-state index in [2.05, 4.69) is 43.3 Å². The first-order valence-corrected chi connectivity index (χ1v) is 13.4. The minimum absolute atomic E-state index is 0.0850. The summed E-state index contributed by atoms with van der Waals surface area (Å²) in [7, 11) is 11.0. The zero-order chi connectivity index (χ0) is 21.9. The molecule has 4 nitrogen and oxygen atoms in total. The van der Waals surface area contributed by atoms with Crippen molar-refractivity contribution in [1.29, 1.82) is 0 Å². The van der Waals surface area contributed by atoms with Crippen molar-refractivity contribution in [2.75, 3.05) is 0 Å². The van der Waals surface area contributed by atoms with Crippen LogP contribution in [0.5, 0.6) is 0 Å². The van der Waals surface area contributed by atoms with Gasteiger partial charge in [0, 0.05) is 29.7 Å². The van der Waals surface area contributed by atoms with E-state index in [9.17, 15) is 8.78 Å². The molecule has 161 valence electrons. The molecule has 0 unspecified atom stereocenters. The number of hydrogen-bond acceptors (Lipinski definition) is 1. The molecule has 3 aromatic rings. The number of halogens is 4. The molecule has 1 aromatic carbocycles. The molecular formula is C18H20Cl2F2N4Pt2-. The van der Waals surface area contributed by atoms with Crippen LogP contribution in [0.1, 0.15) is 24.7 Å². The second kappa shape index (κ2) is 14.4. The molecule has 0 fully saturated rings. The van der Waals surface area contributed by atoms with Crippen LogP contribution in [0.3, 0.4) is 0 Å². The first-order valence-electron chi connectivity index (χ1n) is 7.82. The third-order valence-corrected chi connectivity index (χ3v) is 3.11. The van der Waals surface area contributed by atoms with Crippen molar-refractivity contribution >= 4 is 18.8 Å². The van der Waals surface area contributed by atoms with E-state index in [0.29, 0.717) is 0 Å². The summed E-state index contributed by atoms with van der Waals surface area (Å²) < 4.78 is 32.5. The van der Waals surface area contributed by atoms with Gasteiger partial charge in [0.15, 0.2) is 0 Å². The van der Waals surface area contributed by atoms with E-state index in [1.54, 1.807) is 68.5 Å². The van der Waals surface area contributed by atoms with Crippen molar-refractivity contribution in [2.45, 2.75) is 27.2 Å². The average molecular weight is 791 g/mol. The van der Waals surface area contributed by atoms with Crippen molar-refractivity contribution < 1.29 is 50.9 Å². The average Bonchev–Trinajstić information content (AvgIpc) is 3.24. The van der Waals surface area contributed by atoms with E-state index in [0.717, 1.165) is 23.9 Å². The van der Waals surface area contributed by atoms with Crippen LogP contribution in [0.2, 0.25) is 0 Å². The van der Waals surface area contributed by atoms with E-state index < -0.39 is 11.6 Å². The maximum atomic E-state index is 14.1. The molecule has 0 saturated carbocycles. The molecule has 2 aromatic heterocycles. The number of aromatic nitrogens is 4. The van der Waals surface area contributed by atoms with Gasteiger partial charge in [-0.15, -0.1) is 6.07 Å². The van der Waals surface area contributed by atoms with Gasteiger partial charge in [0.2, 0.25) is 6.33 Å². The standard InChI is InChI=1S/C15H13F2N4.C3H7.2ClH.2Pt/c1-10-6-11(2)21(18-10)15-8-14(12(16)7-13(15)17)20-5-4-19(3)9-20;1-3-2;;;;/h4-7H,1-3H3;1,3H2,2H3;2*1H;;/q2*-1;;;+1;+2/p-2. The normalized spacial score (nSPS) is 9.46. The van der Waals surface area contributed by atoms with Gasteiger partial charge in [-0.25, -0.2) is 0 Å². The number of imidazole rings is 1. The Balaban J connectivity index is 0.000000930. The third kappa shape index (κ3) is 7.70. The summed E-state index contributed by atoms with van der Waals surface area (Å²) >= 11 is 3.22. The fourth-order valence-corrected chi connectivity index (χ4v) is 2.19. The molecule has 0 aliphatic rings. The van der Waals surface area contributed by atoms with Crippen LogP contribution >= 0.6 is 18.8 Å². The quantitative estimate of drug-likeness (QED) is 0.276. The molecule has 0 radical (unpaired) electrons. The first-order chi connectivity index (χ1) is 13.4. The Labute approximate surface area is 195 Å². The number of aryl methyl sites for hydroxylation is 3. The second-order valence-electron chi connectivity index (χ2n) is 5.38. The Morgan fingerprint density at radius 1 is 1.21 bits per heavy atom. The maximum absolute atomic E-state index is 14.1. The van der Waals surface area contributed by atoms with E-state index >= 15 is 0 Å². The fraction of sp³-hybridized carbons (Fsp3) is 0.278. The number of rotatable bonds is 2. The first kappa shape index (κ1) is 27.5. The second-order valence-corrected chi connectivity index (χ2v) is 5.38. The molecule has 10 heteroatoms. The molecule has 28 heavy (non-hydrogen) atoms. The van der Waals surface area contributed by atoms with Crippen LogP contribution in [0.15, 0.2) is 24.5 Å². The van der Waals surface area contributed by atoms with Crippen LogP contribution in [-0.4, -0.2) is 14.3 Å². The molecule has 0 spiro atoms. The van der Waals surface area contributed by atoms with Gasteiger partial charge in [-0.3, -0.25) is 13.5 Å². The van der Waals surface area contributed by atoms with Crippen LogP contribution in [0, 0.1) is 44.8 Å². The summed E-state index contributed by atoms with van der Waals surface area (Å²) in [4.78, 5) is 0. The van der Waals surface area contributed by atoms with Gasteiger partial charge in [0.05, 0.1) is 12.7 Å². The molecule has 0 saturated heterocycles. The summed E-state index contributed by atoms with van der Waals surface area (Å²) in [5.41, 5.74) is 1.69. The molecule has 0 aliphatic heterocycles. The Bertz CT molecular complexity index is 854. The zero-order valence-electron chi connectivity index (χ0n) is 15.7. The van der Waals surface area contributed by atoms with Crippen molar-refractivity contribution in [3.05, 3.63) is 66.9 Å². The molecule has 0 atom stereocenters. The van der Waals surface area contributed by atoms with E-state index in [-0.39, 0.29) is 11.4 Å². The number of benzene rings is 1. The number of hydrogen-bond donors (Lipinski definition) is 0. The molecule has 0 amide bonds. The van der Waals surface area contributed by atoms with E-state index in [1.165, 1.54) is 9.25 Å². The van der Waals surface area contributed by atoms with Crippen LogP contribution in [0.4, 0.5) is 8.78 Å². The monoisotopic (exact) mass is 790 g/mol. The van der Waals surface area contributed by atoms with Crippen LogP contribution in [-0.2, 0) is 44.6 Å². The summed E-state index contributed by atoms with van der Waals surface area (Å²) in [5.74, 6) is -1.41. The van der Waals surface area contributed by atoms with E-state index in [4.69, 9.17) is 0 Å². The van der Waals surface area contributed by atoms with Gasteiger partial charge in [0.1, 0.15) is 0 Å². The van der Waals surface area contributed by atoms with Crippen LogP contribution < -0.4 is 4.57 Å². The van der Waals surface area contributed by atoms with Gasteiger partial charge in [-0.05, 0) is 31.3 Å². The summed E-state index contributed by atoms with van der Waals surface area (Å²) in [6.07, 6.45) is 7.19. The van der Waals surface area contributed by atoms with Crippen LogP contribution in [0.25, 0.3) is 11.4 Å². The minimum atomic E-state index is -0.709. The Morgan fingerprint density at radius 2 is 1.75 bits per heavy atom. The van der Waals surface area contributed by atoms with Gasteiger partial charge >= 0.3 is 56.4 Å². The fourth-order valence-electron chi connectivity index (χ4n) is 2.19. The van der Waals surface area contributed by atoms with Crippen molar-refractivity contribution in [3.8, 4) is 11.4 Å². The summed E-state index contributed by atoms with van der Waals surface area (Å²) in [6.45, 7) is 9.11. The molecule has 3 rings (SSSR count). The summed E-state index contributed by atoms with van der Waals surface area (Å²) in [6, 6.07) is 5.41. The van der Waals surface area contributed by atoms with Crippen molar-refractivity contribution in [1.82, 2.24) is 14.3 Å². The molecule has 0 bridgehead atoms. The third-order valence-electron chi connectivity index (χ3n) is 3.11. The van der Waals surface area contributed by atoms with Gasteiger partial charge in [-0.2, -0.15) is 17.6 Å². The Kier molecular flexibility index (Phi) is 14.2. The predicted octanol–water partition coefficient (Wildman–Crippen LogP) is 4.59. The van der Waals surface area contributed by atoms with Gasteiger partial charge in [-0.1, -0.05) is 6.92 Å². The molecule has 2 heterocycles. The van der Waals surface area contributed by atoms with E-state index in [1.807, 2.05) is 19.9 Å². The molecular weight excluding hydrogens is 771 g/mol. The SMILES string of the molecule is Cc1cc(C)n(-c2[c-]c(-n3[c-][n+](C)cc3)c(F)cc2F)n1.[CH2-]CC.[Cl][Pt+].[Cl][Pt]. The number of nitrogens with zero attached hydrogens (tertiary/aromatic N) is 4. The Hall–Kier alpha value is -0.543. The Morgan fingerprint density at radius 3 is 2.18 bits per heavy atom. The molecule has 0 N–H and O–H groups in total. The molecule has 0 aliphatic carbocycles. The predicted molar refractivity (Wildman–Crippen MR) is 98.5 cm³/mol. The van der Waals surface area contributed by atoms with Gasteiger partial charge < -0.3 is 16.1 Å². The van der Waals surface area contributed by atoms with Crippen molar-refractivity contribution in [3.63, 3.8) is 0 Å². The zero-order valence-corrected chi connectivity index (χ0v) is 21.7. The van der Waals surface area contributed by atoms with Crippen molar-refractivity contribution in [2.24, 2.45) is 7.05 Å². The summed E-state index contributed by atoms with van der Waals surface area (Å²) in [5, 5.41) is 4.21. The van der Waals surface area contributed by atoms with Gasteiger partial charge in [0.25, 0.3) is 0 Å². The topological polar surface area (TPSA) is 26.6 Å².